The summed E-state index contributed by atoms with van der Waals surface area (Å²) in [6.07, 6.45) is 1.75. The SMILES string of the molecule is CC#CCn1c(N2CCCC(N)C2)nc2c1c(=O)n(CC(=O)OCc1cc(C#N)cc(C#N)c1)c(=O)n2C. The monoisotopic (exact) mass is 514 g/mol. The molecule has 0 amide bonds. The molecule has 1 aliphatic rings. The van der Waals surface area contributed by atoms with Gasteiger partial charge in [-0.1, -0.05) is 5.92 Å². The van der Waals surface area contributed by atoms with Gasteiger partial charge < -0.3 is 15.4 Å². The average molecular weight is 515 g/mol. The lowest BCUT2D eigenvalue weighted by Gasteiger charge is -2.31. The van der Waals surface area contributed by atoms with Crippen LogP contribution in [0.5, 0.6) is 0 Å². The Morgan fingerprint density at radius 3 is 2.53 bits per heavy atom. The van der Waals surface area contributed by atoms with Crippen LogP contribution in [0.4, 0.5) is 5.95 Å². The minimum Gasteiger partial charge on any atom is -0.459 e. The van der Waals surface area contributed by atoms with E-state index in [4.69, 9.17) is 21.0 Å². The number of hydrogen-bond acceptors (Lipinski definition) is 9. The Bertz CT molecular complexity index is 1640. The molecule has 1 aliphatic heterocycles. The third-order valence-corrected chi connectivity index (χ3v) is 6.30. The fourth-order valence-electron chi connectivity index (χ4n) is 4.48. The lowest BCUT2D eigenvalue weighted by molar-refractivity contribution is -0.145. The van der Waals surface area contributed by atoms with Crippen LogP contribution in [0.25, 0.3) is 11.2 Å². The number of benzene rings is 1. The minimum absolute atomic E-state index is 0.0392. The Labute approximate surface area is 218 Å². The number of nitrogens with zero attached hydrogens (tertiary/aromatic N) is 7. The van der Waals surface area contributed by atoms with E-state index in [1.807, 2.05) is 17.0 Å². The van der Waals surface area contributed by atoms with Gasteiger partial charge >= 0.3 is 11.7 Å². The molecule has 2 aromatic heterocycles. The quantitative estimate of drug-likeness (QED) is 0.360. The number of piperidine rings is 1. The number of fused-ring (bicyclic) bond motifs is 1. The van der Waals surface area contributed by atoms with Gasteiger partial charge in [-0.15, -0.1) is 5.92 Å². The maximum Gasteiger partial charge on any atom is 0.333 e. The van der Waals surface area contributed by atoms with Gasteiger partial charge in [0, 0.05) is 26.2 Å². The Balaban J connectivity index is 1.69. The molecule has 12 nitrogen and oxygen atoms in total. The van der Waals surface area contributed by atoms with E-state index in [0.717, 1.165) is 17.4 Å². The molecular formula is C26H26N8O4. The van der Waals surface area contributed by atoms with Crippen LogP contribution < -0.4 is 21.9 Å². The second-order valence-electron chi connectivity index (χ2n) is 8.98. The van der Waals surface area contributed by atoms with Gasteiger partial charge in [-0.25, -0.2) is 9.36 Å². The molecule has 0 aliphatic carbocycles. The Morgan fingerprint density at radius 1 is 1.18 bits per heavy atom. The Morgan fingerprint density at radius 2 is 1.89 bits per heavy atom. The van der Waals surface area contributed by atoms with Crippen LogP contribution in [0.1, 0.15) is 36.5 Å². The van der Waals surface area contributed by atoms with E-state index in [0.29, 0.717) is 24.6 Å². The highest BCUT2D eigenvalue weighted by molar-refractivity contribution is 5.76. The summed E-state index contributed by atoms with van der Waals surface area (Å²) in [5.41, 5.74) is 6.03. The number of ether oxygens (including phenoxy) is 1. The van der Waals surface area contributed by atoms with Crippen LogP contribution in [0, 0.1) is 34.5 Å². The molecule has 2 N–H and O–H groups in total. The summed E-state index contributed by atoms with van der Waals surface area (Å²) in [7, 11) is 1.48. The molecule has 1 unspecified atom stereocenters. The van der Waals surface area contributed by atoms with Crippen molar-refractivity contribution in [1.82, 2.24) is 18.7 Å². The minimum atomic E-state index is -0.828. The molecule has 38 heavy (non-hydrogen) atoms. The second kappa shape index (κ2) is 11.0. The van der Waals surface area contributed by atoms with Crippen molar-refractivity contribution >= 4 is 23.1 Å². The van der Waals surface area contributed by atoms with Crippen LogP contribution in [0.2, 0.25) is 0 Å². The summed E-state index contributed by atoms with van der Waals surface area (Å²) >= 11 is 0. The molecule has 1 saturated heterocycles. The van der Waals surface area contributed by atoms with Crippen LogP contribution >= 0.6 is 0 Å². The molecule has 1 aromatic carbocycles. The summed E-state index contributed by atoms with van der Waals surface area (Å²) in [4.78, 5) is 45.9. The summed E-state index contributed by atoms with van der Waals surface area (Å²) in [6, 6.07) is 8.26. The van der Waals surface area contributed by atoms with E-state index in [9.17, 15) is 14.4 Å². The predicted octanol–water partition coefficient (Wildman–Crippen LogP) is 0.334. The van der Waals surface area contributed by atoms with E-state index < -0.39 is 23.8 Å². The molecule has 3 heterocycles. The van der Waals surface area contributed by atoms with E-state index >= 15 is 0 Å². The van der Waals surface area contributed by atoms with E-state index in [1.54, 1.807) is 11.5 Å². The second-order valence-corrected chi connectivity index (χ2v) is 8.98. The predicted molar refractivity (Wildman–Crippen MR) is 138 cm³/mol. The Kier molecular flexibility index (Phi) is 7.61. The molecule has 3 aromatic rings. The number of rotatable bonds is 6. The van der Waals surface area contributed by atoms with Crippen molar-refractivity contribution in [2.75, 3.05) is 18.0 Å². The molecule has 12 heteroatoms. The highest BCUT2D eigenvalue weighted by Crippen LogP contribution is 2.22. The first-order valence-corrected chi connectivity index (χ1v) is 12.0. The van der Waals surface area contributed by atoms with Gasteiger partial charge in [0.1, 0.15) is 13.2 Å². The van der Waals surface area contributed by atoms with Gasteiger partial charge in [-0.3, -0.25) is 18.7 Å². The summed E-state index contributed by atoms with van der Waals surface area (Å²) in [6.45, 7) is 2.25. The first kappa shape index (κ1) is 26.2. The summed E-state index contributed by atoms with van der Waals surface area (Å²) in [5, 5.41) is 18.3. The van der Waals surface area contributed by atoms with Gasteiger partial charge in [0.05, 0.1) is 29.8 Å². The molecule has 4 rings (SSSR count). The molecular weight excluding hydrogens is 488 g/mol. The van der Waals surface area contributed by atoms with Crippen LogP contribution in [-0.4, -0.2) is 43.8 Å². The molecule has 0 bridgehead atoms. The number of nitriles is 2. The van der Waals surface area contributed by atoms with Gasteiger partial charge in [0.2, 0.25) is 5.95 Å². The fraction of sp³-hybridized carbons (Fsp3) is 0.385. The lowest BCUT2D eigenvalue weighted by atomic mass is 10.1. The van der Waals surface area contributed by atoms with Crippen molar-refractivity contribution in [3.63, 3.8) is 0 Å². The highest BCUT2D eigenvalue weighted by atomic mass is 16.5. The Hall–Kier alpha value is -4.86. The van der Waals surface area contributed by atoms with Crippen molar-refractivity contribution in [3.05, 3.63) is 55.7 Å². The first-order chi connectivity index (χ1) is 18.3. The third kappa shape index (κ3) is 5.15. The fourth-order valence-corrected chi connectivity index (χ4v) is 4.48. The zero-order valence-corrected chi connectivity index (χ0v) is 21.1. The number of hydrogen-bond donors (Lipinski definition) is 1. The van der Waals surface area contributed by atoms with Crippen molar-refractivity contribution in [3.8, 4) is 24.0 Å². The normalized spacial score (nSPS) is 14.9. The number of aryl methyl sites for hydroxylation is 1. The van der Waals surface area contributed by atoms with Crippen LogP contribution in [0.15, 0.2) is 27.8 Å². The number of imidazole rings is 1. The lowest BCUT2D eigenvalue weighted by Crippen LogP contribution is -2.44. The van der Waals surface area contributed by atoms with E-state index in [1.165, 1.54) is 29.8 Å². The number of anilines is 1. The highest BCUT2D eigenvalue weighted by Gasteiger charge is 2.26. The van der Waals surface area contributed by atoms with Crippen molar-refractivity contribution < 1.29 is 9.53 Å². The summed E-state index contributed by atoms with van der Waals surface area (Å²) in [5.74, 6) is 5.44. The smallest absolute Gasteiger partial charge is 0.333 e. The van der Waals surface area contributed by atoms with Gasteiger partial charge in [-0.2, -0.15) is 15.5 Å². The molecule has 0 saturated carbocycles. The first-order valence-electron chi connectivity index (χ1n) is 12.0. The van der Waals surface area contributed by atoms with Crippen LogP contribution in [-0.2, 0) is 36.3 Å². The number of nitrogens with two attached hydrogens (primary N) is 1. The van der Waals surface area contributed by atoms with E-state index in [-0.39, 0.29) is 41.5 Å². The maximum atomic E-state index is 13.5. The molecule has 0 spiro atoms. The van der Waals surface area contributed by atoms with E-state index in [2.05, 4.69) is 16.8 Å². The van der Waals surface area contributed by atoms with Gasteiger partial charge in [-0.05, 0) is 43.5 Å². The molecule has 1 atom stereocenters. The summed E-state index contributed by atoms with van der Waals surface area (Å²) < 4.78 is 8.96. The number of carbonyl (C=O) groups excluding carboxylic acids is 1. The van der Waals surface area contributed by atoms with Gasteiger partial charge in [0.15, 0.2) is 11.2 Å². The molecule has 0 radical (unpaired) electrons. The van der Waals surface area contributed by atoms with Crippen molar-refractivity contribution in [2.24, 2.45) is 12.8 Å². The van der Waals surface area contributed by atoms with Crippen molar-refractivity contribution in [2.45, 2.75) is 45.5 Å². The zero-order chi connectivity index (χ0) is 27.4. The van der Waals surface area contributed by atoms with Crippen molar-refractivity contribution in [1.29, 1.82) is 10.5 Å². The standard InChI is InChI=1S/C26H26N8O4/c1-3-4-8-33-22-23(30-25(33)32-7-5-6-20(29)14-32)31(2)26(37)34(24(22)36)15-21(35)38-16-19-10-17(12-27)9-18(11-19)13-28/h9-11,20H,5-8,14-16,29H2,1-2H3. The number of carbonyl (C=O) groups is 1. The molecule has 194 valence electrons. The number of esters is 1. The third-order valence-electron chi connectivity index (χ3n) is 6.30. The molecule has 1 fully saturated rings. The maximum absolute atomic E-state index is 13.5. The average Bonchev–Trinajstić information content (AvgIpc) is 3.31. The zero-order valence-electron chi connectivity index (χ0n) is 21.1. The number of aromatic nitrogens is 4. The largest absolute Gasteiger partial charge is 0.459 e. The van der Waals surface area contributed by atoms with Gasteiger partial charge in [0.25, 0.3) is 5.56 Å². The topological polar surface area (TPSA) is 165 Å². The van der Waals surface area contributed by atoms with Crippen LogP contribution in [0.3, 0.4) is 0 Å².